The summed E-state index contributed by atoms with van der Waals surface area (Å²) in [5.74, 6) is 0.446. The number of hydrogen-bond donors (Lipinski definition) is 0. The average Bonchev–Trinajstić information content (AvgIpc) is 3.22. The molecule has 1 aliphatic rings. The van der Waals surface area contributed by atoms with Gasteiger partial charge in [0.1, 0.15) is 10.5 Å². The molecule has 0 atom stereocenters. The molecule has 1 saturated heterocycles. The summed E-state index contributed by atoms with van der Waals surface area (Å²) in [6.45, 7) is 10.2. The van der Waals surface area contributed by atoms with Gasteiger partial charge < -0.3 is 4.74 Å². The summed E-state index contributed by atoms with van der Waals surface area (Å²) in [4.78, 5) is 34.2. The molecule has 6 nitrogen and oxygen atoms in total. The fourth-order valence-electron chi connectivity index (χ4n) is 3.46. The lowest BCUT2D eigenvalue weighted by Crippen LogP contribution is -2.39. The smallest absolute Gasteiger partial charge is 0.272 e. The second kappa shape index (κ2) is 9.87. The largest absolute Gasteiger partial charge is 0.379 e. The fraction of sp³-hybridized carbons (Fsp3) is 0.458. The van der Waals surface area contributed by atoms with Crippen molar-refractivity contribution in [3.05, 3.63) is 46.8 Å². The van der Waals surface area contributed by atoms with Crippen molar-refractivity contribution in [3.8, 4) is 10.4 Å². The van der Waals surface area contributed by atoms with E-state index in [0.29, 0.717) is 27.7 Å². The number of benzene rings is 1. The molecule has 8 heteroatoms. The zero-order valence-electron chi connectivity index (χ0n) is 18.8. The summed E-state index contributed by atoms with van der Waals surface area (Å²) in [5.41, 5.74) is 1.33. The van der Waals surface area contributed by atoms with E-state index < -0.39 is 5.41 Å². The molecule has 4 rings (SSSR count). The van der Waals surface area contributed by atoms with Crippen LogP contribution in [-0.4, -0.2) is 58.8 Å². The number of rotatable bonds is 7. The summed E-state index contributed by atoms with van der Waals surface area (Å²) in [6.07, 6.45) is 0. The number of carbonyl (C=O) groups excluding carboxylic acids is 1. The summed E-state index contributed by atoms with van der Waals surface area (Å²) in [7, 11) is 0. The highest BCUT2D eigenvalue weighted by Crippen LogP contribution is 2.32. The van der Waals surface area contributed by atoms with E-state index in [1.165, 1.54) is 23.1 Å². The van der Waals surface area contributed by atoms with Crippen molar-refractivity contribution >= 4 is 39.1 Å². The van der Waals surface area contributed by atoms with Crippen LogP contribution in [0.2, 0.25) is 0 Å². The number of ketones is 1. The molecule has 170 valence electrons. The van der Waals surface area contributed by atoms with E-state index in [9.17, 15) is 9.59 Å². The Morgan fingerprint density at radius 1 is 1.16 bits per heavy atom. The Labute approximate surface area is 196 Å². The van der Waals surface area contributed by atoms with Crippen LogP contribution in [0.25, 0.3) is 20.7 Å². The van der Waals surface area contributed by atoms with Gasteiger partial charge in [0.2, 0.25) is 0 Å². The van der Waals surface area contributed by atoms with Crippen molar-refractivity contribution in [2.45, 2.75) is 32.5 Å². The molecule has 2 aromatic heterocycles. The Kier molecular flexibility index (Phi) is 7.14. The zero-order valence-corrected chi connectivity index (χ0v) is 20.4. The quantitative estimate of drug-likeness (QED) is 0.381. The molecular weight excluding hydrogens is 442 g/mol. The van der Waals surface area contributed by atoms with Gasteiger partial charge in [0.25, 0.3) is 5.56 Å². The Morgan fingerprint density at radius 2 is 1.88 bits per heavy atom. The Hall–Kier alpha value is -2.00. The lowest BCUT2D eigenvalue weighted by molar-refractivity contribution is -0.123. The number of nitrogens with zero attached hydrogens (tertiary/aromatic N) is 3. The Morgan fingerprint density at radius 3 is 2.56 bits per heavy atom. The van der Waals surface area contributed by atoms with E-state index >= 15 is 0 Å². The highest BCUT2D eigenvalue weighted by atomic mass is 32.2. The third-order valence-corrected chi connectivity index (χ3v) is 7.71. The van der Waals surface area contributed by atoms with E-state index in [2.05, 4.69) is 4.90 Å². The maximum Gasteiger partial charge on any atom is 0.272 e. The van der Waals surface area contributed by atoms with Gasteiger partial charge in [-0.2, -0.15) is 0 Å². The van der Waals surface area contributed by atoms with Crippen LogP contribution in [0.3, 0.4) is 0 Å². The normalized spacial score (nSPS) is 15.3. The van der Waals surface area contributed by atoms with Gasteiger partial charge in [-0.25, -0.2) is 4.98 Å². The average molecular weight is 472 g/mol. The first kappa shape index (κ1) is 23.2. The Bertz CT molecular complexity index is 1140. The van der Waals surface area contributed by atoms with Crippen molar-refractivity contribution in [2.24, 2.45) is 5.41 Å². The van der Waals surface area contributed by atoms with Gasteiger partial charge in [-0.3, -0.25) is 19.1 Å². The third kappa shape index (κ3) is 5.31. The van der Waals surface area contributed by atoms with Crippen LogP contribution in [0.15, 0.2) is 46.3 Å². The molecule has 0 unspecified atom stereocenters. The second-order valence-electron chi connectivity index (χ2n) is 8.96. The number of Topliss-reactive ketones (excluding diaryl/α,β-unsaturated/α-hetero) is 1. The first-order valence-electron chi connectivity index (χ1n) is 10.9. The van der Waals surface area contributed by atoms with Gasteiger partial charge in [0, 0.05) is 36.5 Å². The van der Waals surface area contributed by atoms with Gasteiger partial charge in [0.15, 0.2) is 5.16 Å². The van der Waals surface area contributed by atoms with Crippen LogP contribution in [0.5, 0.6) is 0 Å². The van der Waals surface area contributed by atoms with Gasteiger partial charge in [0.05, 0.1) is 24.5 Å². The van der Waals surface area contributed by atoms with E-state index in [0.717, 1.165) is 43.3 Å². The molecule has 0 bridgehead atoms. The van der Waals surface area contributed by atoms with Gasteiger partial charge in [-0.1, -0.05) is 62.9 Å². The molecule has 0 aliphatic carbocycles. The van der Waals surface area contributed by atoms with E-state index in [1.807, 2.05) is 57.2 Å². The topological polar surface area (TPSA) is 64.4 Å². The Balaban J connectivity index is 1.68. The minimum atomic E-state index is -0.418. The lowest BCUT2D eigenvalue weighted by Gasteiger charge is -2.27. The van der Waals surface area contributed by atoms with Crippen LogP contribution in [0.1, 0.15) is 20.8 Å². The van der Waals surface area contributed by atoms with Gasteiger partial charge in [-0.15, -0.1) is 11.3 Å². The van der Waals surface area contributed by atoms with Crippen LogP contribution in [-0.2, 0) is 16.1 Å². The highest BCUT2D eigenvalue weighted by Gasteiger charge is 2.23. The maximum absolute atomic E-state index is 13.5. The number of ether oxygens (including phenoxy) is 1. The molecule has 3 heterocycles. The second-order valence-corrected chi connectivity index (χ2v) is 11.0. The summed E-state index contributed by atoms with van der Waals surface area (Å²) >= 11 is 2.85. The third-order valence-electron chi connectivity index (χ3n) is 5.57. The summed E-state index contributed by atoms with van der Waals surface area (Å²) < 4.78 is 7.85. The maximum atomic E-state index is 13.5. The van der Waals surface area contributed by atoms with Crippen molar-refractivity contribution in [1.29, 1.82) is 0 Å². The molecule has 1 aromatic carbocycles. The number of carbonyl (C=O) groups is 1. The van der Waals surface area contributed by atoms with E-state index in [-0.39, 0.29) is 11.3 Å². The predicted octanol–water partition coefficient (Wildman–Crippen LogP) is 4.16. The molecule has 1 aliphatic heterocycles. The van der Waals surface area contributed by atoms with Crippen LogP contribution in [0, 0.1) is 5.41 Å². The monoisotopic (exact) mass is 471 g/mol. The molecule has 1 fully saturated rings. The number of thioether (sulfide) groups is 1. The molecule has 0 amide bonds. The molecule has 0 radical (unpaired) electrons. The van der Waals surface area contributed by atoms with Crippen molar-refractivity contribution in [2.75, 3.05) is 38.6 Å². The minimum Gasteiger partial charge on any atom is -0.379 e. The number of morpholine rings is 1. The minimum absolute atomic E-state index is 0.0267. The molecule has 0 saturated carbocycles. The number of aromatic nitrogens is 2. The standard InChI is InChI=1S/C24H29N3O3S2/c1-24(2,3)20(28)16-31-23-25-18-15-19(17-7-5-4-6-8-17)32-21(18)22(29)27(23)10-9-26-11-13-30-14-12-26/h4-8,15H,9-14,16H2,1-3H3. The van der Waals surface area contributed by atoms with Crippen molar-refractivity contribution in [3.63, 3.8) is 0 Å². The highest BCUT2D eigenvalue weighted by molar-refractivity contribution is 7.99. The SMILES string of the molecule is CC(C)(C)C(=O)CSc1nc2cc(-c3ccccc3)sc2c(=O)n1CCN1CCOCC1. The lowest BCUT2D eigenvalue weighted by atomic mass is 9.92. The van der Waals surface area contributed by atoms with Gasteiger partial charge in [-0.05, 0) is 11.6 Å². The zero-order chi connectivity index (χ0) is 22.7. The molecule has 3 aromatic rings. The summed E-state index contributed by atoms with van der Waals surface area (Å²) in [5, 5.41) is 0.616. The molecule has 0 spiro atoms. The van der Waals surface area contributed by atoms with Gasteiger partial charge >= 0.3 is 0 Å². The van der Waals surface area contributed by atoms with Crippen LogP contribution in [0.4, 0.5) is 0 Å². The molecule has 0 N–H and O–H groups in total. The first-order chi connectivity index (χ1) is 15.3. The first-order valence-corrected chi connectivity index (χ1v) is 12.7. The van der Waals surface area contributed by atoms with Crippen molar-refractivity contribution < 1.29 is 9.53 Å². The summed E-state index contributed by atoms with van der Waals surface area (Å²) in [6, 6.07) is 12.0. The molecular formula is C24H29N3O3S2. The number of thiophene rings is 1. The van der Waals surface area contributed by atoms with E-state index in [1.54, 1.807) is 4.57 Å². The van der Waals surface area contributed by atoms with Crippen LogP contribution >= 0.6 is 23.1 Å². The predicted molar refractivity (Wildman–Crippen MR) is 132 cm³/mol. The number of fused-ring (bicyclic) bond motifs is 1. The fourth-order valence-corrected chi connectivity index (χ4v) is 5.69. The molecule has 32 heavy (non-hydrogen) atoms. The van der Waals surface area contributed by atoms with Crippen molar-refractivity contribution in [1.82, 2.24) is 14.5 Å². The number of hydrogen-bond acceptors (Lipinski definition) is 7. The van der Waals surface area contributed by atoms with Crippen LogP contribution < -0.4 is 5.56 Å². The van der Waals surface area contributed by atoms with E-state index in [4.69, 9.17) is 9.72 Å².